The number of guanidine groups is 1. The minimum Gasteiger partial charge on any atom is -0.357 e. The number of aromatic nitrogens is 1. The van der Waals surface area contributed by atoms with Gasteiger partial charge in [-0.15, -0.1) is 35.3 Å². The van der Waals surface area contributed by atoms with Gasteiger partial charge in [-0.3, -0.25) is 0 Å². The van der Waals surface area contributed by atoms with Crippen molar-refractivity contribution < 1.29 is 8.42 Å². The maximum Gasteiger partial charge on any atom is 0.213 e. The van der Waals surface area contributed by atoms with Crippen LogP contribution in [0.4, 0.5) is 0 Å². The second kappa shape index (κ2) is 10.8. The van der Waals surface area contributed by atoms with Crippen molar-refractivity contribution in [1.29, 1.82) is 0 Å². The molecule has 0 amide bonds. The van der Waals surface area contributed by atoms with Crippen LogP contribution in [0, 0.1) is 13.8 Å². The topological polar surface area (TPSA) is 86.7 Å². The van der Waals surface area contributed by atoms with Gasteiger partial charge in [0.25, 0.3) is 0 Å². The first-order valence-electron chi connectivity index (χ1n) is 8.81. The number of halogens is 1. The lowest BCUT2D eigenvalue weighted by Gasteiger charge is -2.32. The number of hydrogen-bond acceptors (Lipinski definition) is 5. The minimum atomic E-state index is -3.08. The Morgan fingerprint density at radius 1 is 1.31 bits per heavy atom. The summed E-state index contributed by atoms with van der Waals surface area (Å²) < 4.78 is 25.5. The molecule has 2 N–H and O–H groups in total. The first-order chi connectivity index (χ1) is 11.9. The van der Waals surface area contributed by atoms with Crippen molar-refractivity contribution in [3.63, 3.8) is 0 Å². The van der Waals surface area contributed by atoms with Crippen LogP contribution in [0.5, 0.6) is 0 Å². The molecule has 10 heteroatoms. The molecule has 1 saturated heterocycles. The van der Waals surface area contributed by atoms with Crippen LogP contribution in [-0.4, -0.2) is 55.1 Å². The molecule has 0 unspecified atom stereocenters. The Hall–Kier alpha value is -0.460. The van der Waals surface area contributed by atoms with Crippen LogP contribution in [-0.2, 0) is 16.6 Å². The molecule has 150 valence electrons. The number of rotatable bonds is 6. The first-order valence-corrected chi connectivity index (χ1v) is 11.2. The summed E-state index contributed by atoms with van der Waals surface area (Å²) in [4.78, 5) is 10.3. The lowest BCUT2D eigenvalue weighted by Crippen LogP contribution is -2.50. The van der Waals surface area contributed by atoms with Gasteiger partial charge in [-0.2, -0.15) is 0 Å². The molecule has 1 aliphatic heterocycles. The first kappa shape index (κ1) is 23.6. The molecule has 0 atom stereocenters. The fourth-order valence-corrected chi connectivity index (χ4v) is 4.84. The zero-order valence-electron chi connectivity index (χ0n) is 15.9. The van der Waals surface area contributed by atoms with E-state index in [1.807, 2.05) is 20.8 Å². The van der Waals surface area contributed by atoms with Crippen LogP contribution in [0.2, 0.25) is 0 Å². The summed E-state index contributed by atoms with van der Waals surface area (Å²) in [6.07, 6.45) is 1.59. The lowest BCUT2D eigenvalue weighted by molar-refractivity contribution is 0.306. The maximum atomic E-state index is 11.9. The third-order valence-electron chi connectivity index (χ3n) is 4.28. The number of nitrogens with one attached hydrogen (secondary N) is 2. The van der Waals surface area contributed by atoms with Gasteiger partial charge in [0.15, 0.2) is 5.96 Å². The standard InChI is InChI=1S/C16H29N5O2S2.HI/c1-5-17-16(18-11-15-12(3)19-13(4)24-15)20-14-7-9-21(10-8-14)25(22,23)6-2;/h14H,5-11H2,1-4H3,(H2,17,18,20);1H. The van der Waals surface area contributed by atoms with E-state index in [0.717, 1.165) is 36.0 Å². The molecule has 7 nitrogen and oxygen atoms in total. The predicted molar refractivity (Wildman–Crippen MR) is 119 cm³/mol. The molecule has 1 aromatic rings. The quantitative estimate of drug-likeness (QED) is 0.345. The maximum absolute atomic E-state index is 11.9. The molecule has 0 bridgehead atoms. The van der Waals surface area contributed by atoms with Gasteiger partial charge in [-0.25, -0.2) is 22.7 Å². The number of nitrogens with zero attached hydrogens (tertiary/aromatic N) is 3. The van der Waals surface area contributed by atoms with Crippen LogP contribution in [0.3, 0.4) is 0 Å². The third kappa shape index (κ3) is 6.61. The Bertz CT molecular complexity index is 697. The second-order valence-corrected chi connectivity index (χ2v) is 9.70. The van der Waals surface area contributed by atoms with E-state index in [9.17, 15) is 8.42 Å². The highest BCUT2D eigenvalue weighted by Gasteiger charge is 2.27. The van der Waals surface area contributed by atoms with Gasteiger partial charge in [-0.05, 0) is 40.5 Å². The summed E-state index contributed by atoms with van der Waals surface area (Å²) in [5.74, 6) is 0.952. The smallest absolute Gasteiger partial charge is 0.213 e. The Labute approximate surface area is 178 Å². The molecule has 0 radical (unpaired) electrons. The minimum absolute atomic E-state index is 0. The van der Waals surface area contributed by atoms with E-state index < -0.39 is 10.0 Å². The summed E-state index contributed by atoms with van der Waals surface area (Å²) in [6.45, 7) is 10.3. The number of aliphatic imine (C=N–C) groups is 1. The van der Waals surface area contributed by atoms with E-state index in [1.165, 1.54) is 4.88 Å². The lowest BCUT2D eigenvalue weighted by atomic mass is 10.1. The summed E-state index contributed by atoms with van der Waals surface area (Å²) in [6, 6.07) is 0.241. The van der Waals surface area contributed by atoms with Crippen molar-refractivity contribution in [2.75, 3.05) is 25.4 Å². The van der Waals surface area contributed by atoms with Crippen LogP contribution in [0.15, 0.2) is 4.99 Å². The van der Waals surface area contributed by atoms with E-state index in [0.29, 0.717) is 19.6 Å². The SMILES string of the molecule is CCNC(=NCc1sc(C)nc1C)NC1CCN(S(=O)(=O)CC)CC1.I. The van der Waals surface area contributed by atoms with Crippen molar-refractivity contribution in [1.82, 2.24) is 19.9 Å². The monoisotopic (exact) mass is 515 g/mol. The van der Waals surface area contributed by atoms with Gasteiger partial charge < -0.3 is 10.6 Å². The molecule has 2 heterocycles. The Morgan fingerprint density at radius 2 is 1.96 bits per heavy atom. The highest BCUT2D eigenvalue weighted by atomic mass is 127. The number of thiazole rings is 1. The normalized spacial score (nSPS) is 17.0. The molecule has 2 rings (SSSR count). The fourth-order valence-electron chi connectivity index (χ4n) is 2.85. The van der Waals surface area contributed by atoms with Crippen LogP contribution < -0.4 is 10.6 Å². The van der Waals surface area contributed by atoms with Crippen molar-refractivity contribution in [2.24, 2.45) is 4.99 Å². The van der Waals surface area contributed by atoms with Crippen molar-refractivity contribution in [3.8, 4) is 0 Å². The van der Waals surface area contributed by atoms with Crippen molar-refractivity contribution in [2.45, 2.75) is 53.1 Å². The number of aryl methyl sites for hydroxylation is 2. The summed E-state index contributed by atoms with van der Waals surface area (Å²) in [5, 5.41) is 7.78. The molecule has 1 fully saturated rings. The summed E-state index contributed by atoms with van der Waals surface area (Å²) in [7, 11) is -3.08. The average Bonchev–Trinajstić information content (AvgIpc) is 2.91. The van der Waals surface area contributed by atoms with E-state index in [2.05, 4.69) is 20.6 Å². The summed E-state index contributed by atoms with van der Waals surface area (Å²) >= 11 is 1.68. The molecule has 0 aromatic carbocycles. The van der Waals surface area contributed by atoms with Gasteiger partial charge >= 0.3 is 0 Å². The number of piperidine rings is 1. The summed E-state index contributed by atoms with van der Waals surface area (Å²) in [5.41, 5.74) is 1.04. The van der Waals surface area contributed by atoms with E-state index in [1.54, 1.807) is 22.6 Å². The predicted octanol–water partition coefficient (Wildman–Crippen LogP) is 2.25. The van der Waals surface area contributed by atoms with Crippen molar-refractivity contribution in [3.05, 3.63) is 15.6 Å². The Balaban J connectivity index is 0.00000338. The fraction of sp³-hybridized carbons (Fsp3) is 0.750. The van der Waals surface area contributed by atoms with E-state index in [-0.39, 0.29) is 35.8 Å². The molecule has 0 aliphatic carbocycles. The Kier molecular flexibility index (Phi) is 9.76. The molecule has 1 aliphatic rings. The molecular formula is C16H30IN5O2S2. The molecule has 26 heavy (non-hydrogen) atoms. The van der Waals surface area contributed by atoms with Gasteiger partial charge in [0.1, 0.15) is 0 Å². The number of hydrogen-bond donors (Lipinski definition) is 2. The highest BCUT2D eigenvalue weighted by molar-refractivity contribution is 14.0. The molecular weight excluding hydrogens is 485 g/mol. The van der Waals surface area contributed by atoms with E-state index in [4.69, 9.17) is 0 Å². The van der Waals surface area contributed by atoms with E-state index >= 15 is 0 Å². The number of sulfonamides is 1. The molecule has 1 aromatic heterocycles. The van der Waals surface area contributed by atoms with Gasteiger partial charge in [-0.1, -0.05) is 0 Å². The molecule has 0 saturated carbocycles. The third-order valence-corrected chi connectivity index (χ3v) is 7.22. The van der Waals surface area contributed by atoms with Crippen LogP contribution >= 0.6 is 35.3 Å². The zero-order valence-corrected chi connectivity index (χ0v) is 19.9. The average molecular weight is 515 g/mol. The van der Waals surface area contributed by atoms with Gasteiger partial charge in [0.2, 0.25) is 10.0 Å². The van der Waals surface area contributed by atoms with Gasteiger partial charge in [0, 0.05) is 30.6 Å². The van der Waals surface area contributed by atoms with Gasteiger partial charge in [0.05, 0.1) is 23.0 Å². The Morgan fingerprint density at radius 3 is 2.46 bits per heavy atom. The zero-order chi connectivity index (χ0) is 18.4. The highest BCUT2D eigenvalue weighted by Crippen LogP contribution is 2.18. The van der Waals surface area contributed by atoms with Crippen LogP contribution in [0.1, 0.15) is 42.3 Å². The van der Waals surface area contributed by atoms with Crippen LogP contribution in [0.25, 0.3) is 0 Å². The molecule has 0 spiro atoms. The second-order valence-electron chi connectivity index (χ2n) is 6.15. The largest absolute Gasteiger partial charge is 0.357 e. The van der Waals surface area contributed by atoms with Crippen molar-refractivity contribution >= 4 is 51.3 Å².